The molecule has 0 aliphatic rings. The maximum absolute atomic E-state index is 4.27. The number of hydrogen-bond acceptors (Lipinski definition) is 3. The van der Waals surface area contributed by atoms with E-state index in [1.807, 2.05) is 12.4 Å². The van der Waals surface area contributed by atoms with Crippen molar-refractivity contribution < 1.29 is 0 Å². The van der Waals surface area contributed by atoms with Crippen LogP contribution in [0.5, 0.6) is 0 Å². The maximum Gasteiger partial charge on any atom is 0.0547 e. The Morgan fingerprint density at radius 3 is 2.33 bits per heavy atom. The van der Waals surface area contributed by atoms with Crippen LogP contribution < -0.4 is 10.6 Å². The lowest BCUT2D eigenvalue weighted by Gasteiger charge is -2.13. The van der Waals surface area contributed by atoms with Crippen molar-refractivity contribution in [2.75, 3.05) is 23.7 Å². The molecule has 0 bridgehead atoms. The minimum atomic E-state index is 0.563. The van der Waals surface area contributed by atoms with E-state index in [0.29, 0.717) is 5.92 Å². The fourth-order valence-corrected chi connectivity index (χ4v) is 2.28. The van der Waals surface area contributed by atoms with Crippen LogP contribution in [0.25, 0.3) is 0 Å². The molecule has 1 unspecified atom stereocenters. The maximum atomic E-state index is 4.27. The summed E-state index contributed by atoms with van der Waals surface area (Å²) in [7, 11) is 0. The van der Waals surface area contributed by atoms with Crippen LogP contribution in [-0.2, 0) is 0 Å². The monoisotopic (exact) mass is 283 g/mol. The van der Waals surface area contributed by atoms with E-state index in [9.17, 15) is 0 Å². The molecular formula is C18H25N3. The van der Waals surface area contributed by atoms with Gasteiger partial charge in [-0.1, -0.05) is 44.2 Å². The Bertz CT molecular complexity index is 525. The molecule has 2 rings (SSSR count). The quantitative estimate of drug-likeness (QED) is 0.748. The van der Waals surface area contributed by atoms with Crippen LogP contribution in [0.15, 0.2) is 48.8 Å². The zero-order chi connectivity index (χ0) is 14.9. The van der Waals surface area contributed by atoms with E-state index in [4.69, 9.17) is 0 Å². The highest BCUT2D eigenvalue weighted by molar-refractivity contribution is 5.53. The Morgan fingerprint density at radius 2 is 1.67 bits per heavy atom. The van der Waals surface area contributed by atoms with Gasteiger partial charge in [-0.15, -0.1) is 0 Å². The van der Waals surface area contributed by atoms with Crippen LogP contribution in [0.1, 0.15) is 38.2 Å². The topological polar surface area (TPSA) is 37.0 Å². The molecule has 1 heterocycles. The Kier molecular flexibility index (Phi) is 6.07. The standard InChI is InChI=1S/C18H25N3/c1-3-10-20-17-12-18(14-19-13-17)21-11-9-15(2)16-7-5-4-6-8-16/h4-8,12-15,20-21H,3,9-11H2,1-2H3. The zero-order valence-corrected chi connectivity index (χ0v) is 13.0. The summed E-state index contributed by atoms with van der Waals surface area (Å²) in [5.74, 6) is 0.563. The van der Waals surface area contributed by atoms with Gasteiger partial charge >= 0.3 is 0 Å². The number of hydrogen-bond donors (Lipinski definition) is 2. The smallest absolute Gasteiger partial charge is 0.0547 e. The van der Waals surface area contributed by atoms with Crippen molar-refractivity contribution in [1.29, 1.82) is 0 Å². The number of pyridine rings is 1. The number of rotatable bonds is 8. The summed E-state index contributed by atoms with van der Waals surface area (Å²) in [6, 6.07) is 12.8. The summed E-state index contributed by atoms with van der Waals surface area (Å²) < 4.78 is 0. The Labute approximate surface area is 127 Å². The van der Waals surface area contributed by atoms with Crippen molar-refractivity contribution in [3.05, 3.63) is 54.4 Å². The Morgan fingerprint density at radius 1 is 1.00 bits per heavy atom. The minimum absolute atomic E-state index is 0.563. The number of aromatic nitrogens is 1. The first-order valence-corrected chi connectivity index (χ1v) is 7.77. The molecule has 112 valence electrons. The van der Waals surface area contributed by atoms with Crippen LogP contribution in [0.3, 0.4) is 0 Å². The molecule has 0 aliphatic heterocycles. The van der Waals surface area contributed by atoms with E-state index in [2.05, 4.69) is 65.9 Å². The van der Waals surface area contributed by atoms with Gasteiger partial charge in [0.25, 0.3) is 0 Å². The molecule has 0 fully saturated rings. The molecule has 3 heteroatoms. The van der Waals surface area contributed by atoms with Gasteiger partial charge in [0, 0.05) is 13.1 Å². The second-order valence-electron chi connectivity index (χ2n) is 5.42. The van der Waals surface area contributed by atoms with E-state index in [-0.39, 0.29) is 0 Å². The lowest BCUT2D eigenvalue weighted by Crippen LogP contribution is -2.07. The van der Waals surface area contributed by atoms with Crippen molar-refractivity contribution in [2.45, 2.75) is 32.6 Å². The van der Waals surface area contributed by atoms with Crippen LogP contribution >= 0.6 is 0 Å². The van der Waals surface area contributed by atoms with Crippen molar-refractivity contribution in [2.24, 2.45) is 0 Å². The number of benzene rings is 1. The average molecular weight is 283 g/mol. The van der Waals surface area contributed by atoms with Crippen LogP contribution in [0, 0.1) is 0 Å². The van der Waals surface area contributed by atoms with Crippen molar-refractivity contribution >= 4 is 11.4 Å². The first-order chi connectivity index (χ1) is 10.3. The lowest BCUT2D eigenvalue weighted by atomic mass is 9.98. The third kappa shape index (κ3) is 5.10. The average Bonchev–Trinajstić information content (AvgIpc) is 2.54. The normalized spacial score (nSPS) is 11.9. The van der Waals surface area contributed by atoms with Gasteiger partial charge in [-0.05, 0) is 30.4 Å². The fourth-order valence-electron chi connectivity index (χ4n) is 2.28. The van der Waals surface area contributed by atoms with E-state index in [1.54, 1.807) is 0 Å². The second-order valence-corrected chi connectivity index (χ2v) is 5.42. The second kappa shape index (κ2) is 8.30. The van der Waals surface area contributed by atoms with Gasteiger partial charge < -0.3 is 10.6 Å². The largest absolute Gasteiger partial charge is 0.384 e. The van der Waals surface area contributed by atoms with Gasteiger partial charge in [-0.2, -0.15) is 0 Å². The van der Waals surface area contributed by atoms with Gasteiger partial charge in [0.2, 0.25) is 0 Å². The predicted molar refractivity (Wildman–Crippen MR) is 91.0 cm³/mol. The number of nitrogens with one attached hydrogen (secondary N) is 2. The molecule has 0 saturated heterocycles. The fraction of sp³-hybridized carbons (Fsp3) is 0.389. The summed E-state index contributed by atoms with van der Waals surface area (Å²) >= 11 is 0. The highest BCUT2D eigenvalue weighted by Gasteiger charge is 2.04. The SMILES string of the molecule is CCCNc1cncc(NCCC(C)c2ccccc2)c1. The van der Waals surface area contributed by atoms with Gasteiger partial charge in [0.1, 0.15) is 0 Å². The summed E-state index contributed by atoms with van der Waals surface area (Å²) in [4.78, 5) is 4.27. The van der Waals surface area contributed by atoms with Crippen LogP contribution in [0.4, 0.5) is 11.4 Å². The molecule has 1 aromatic carbocycles. The third-order valence-electron chi connectivity index (χ3n) is 3.59. The molecule has 1 atom stereocenters. The zero-order valence-electron chi connectivity index (χ0n) is 13.0. The first-order valence-electron chi connectivity index (χ1n) is 7.77. The first kappa shape index (κ1) is 15.4. The molecule has 0 aliphatic carbocycles. The van der Waals surface area contributed by atoms with E-state index < -0.39 is 0 Å². The van der Waals surface area contributed by atoms with Gasteiger partial charge in [-0.3, -0.25) is 4.98 Å². The molecule has 2 aromatic rings. The van der Waals surface area contributed by atoms with Gasteiger partial charge in [0.15, 0.2) is 0 Å². The van der Waals surface area contributed by atoms with E-state index in [1.165, 1.54) is 5.56 Å². The molecule has 0 saturated carbocycles. The van der Waals surface area contributed by atoms with Gasteiger partial charge in [0.05, 0.1) is 23.8 Å². The molecule has 0 amide bonds. The number of anilines is 2. The highest BCUT2D eigenvalue weighted by atomic mass is 14.9. The predicted octanol–water partition coefficient (Wildman–Crippen LogP) is 4.51. The van der Waals surface area contributed by atoms with Crippen LogP contribution in [0.2, 0.25) is 0 Å². The molecular weight excluding hydrogens is 258 g/mol. The molecule has 21 heavy (non-hydrogen) atoms. The lowest BCUT2D eigenvalue weighted by molar-refractivity contribution is 0.706. The summed E-state index contributed by atoms with van der Waals surface area (Å²) in [5, 5.41) is 6.82. The van der Waals surface area contributed by atoms with E-state index in [0.717, 1.165) is 37.3 Å². The number of nitrogens with zero attached hydrogens (tertiary/aromatic N) is 1. The minimum Gasteiger partial charge on any atom is -0.384 e. The molecule has 1 aromatic heterocycles. The Hall–Kier alpha value is -2.03. The Balaban J connectivity index is 1.80. The summed E-state index contributed by atoms with van der Waals surface area (Å²) in [5.41, 5.74) is 3.56. The molecule has 0 radical (unpaired) electrons. The summed E-state index contributed by atoms with van der Waals surface area (Å²) in [6.07, 6.45) is 5.97. The molecule has 3 nitrogen and oxygen atoms in total. The van der Waals surface area contributed by atoms with Gasteiger partial charge in [-0.25, -0.2) is 0 Å². The van der Waals surface area contributed by atoms with Crippen LogP contribution in [-0.4, -0.2) is 18.1 Å². The van der Waals surface area contributed by atoms with Crippen molar-refractivity contribution in [3.8, 4) is 0 Å². The van der Waals surface area contributed by atoms with Crippen molar-refractivity contribution in [1.82, 2.24) is 4.98 Å². The highest BCUT2D eigenvalue weighted by Crippen LogP contribution is 2.19. The van der Waals surface area contributed by atoms with E-state index >= 15 is 0 Å². The third-order valence-corrected chi connectivity index (χ3v) is 3.59. The molecule has 0 spiro atoms. The van der Waals surface area contributed by atoms with Crippen molar-refractivity contribution in [3.63, 3.8) is 0 Å². The summed E-state index contributed by atoms with van der Waals surface area (Å²) in [6.45, 7) is 6.37. The molecule has 2 N–H and O–H groups in total.